The lowest BCUT2D eigenvalue weighted by atomic mass is 9.80. The molecule has 1 aromatic carbocycles. The van der Waals surface area contributed by atoms with Gasteiger partial charge in [-0.3, -0.25) is 9.59 Å². The van der Waals surface area contributed by atoms with Gasteiger partial charge in [0.05, 0.1) is 12.7 Å². The first kappa shape index (κ1) is 31.9. The zero-order valence-electron chi connectivity index (χ0n) is 20.7. The van der Waals surface area contributed by atoms with E-state index in [9.17, 15) is 40.1 Å². The summed E-state index contributed by atoms with van der Waals surface area (Å²) < 4.78 is 0. The Labute approximate surface area is 211 Å². The highest BCUT2D eigenvalue weighted by Gasteiger charge is 2.29. The van der Waals surface area contributed by atoms with Crippen LogP contribution in [0.4, 0.5) is 5.69 Å². The first-order chi connectivity index (χ1) is 17.0. The molecule has 0 heterocycles. The normalized spacial score (nSPS) is 16.4. The lowest BCUT2D eigenvalue weighted by Gasteiger charge is -2.25. The Kier molecular flexibility index (Phi) is 14.7. The summed E-state index contributed by atoms with van der Waals surface area (Å²) in [6.45, 7) is 3.52. The number of rotatable bonds is 17. The monoisotopic (exact) mass is 513 g/mol. The predicted molar refractivity (Wildman–Crippen MR) is 134 cm³/mol. The number of nitrogens with one attached hydrogen (secondary N) is 3. The van der Waals surface area contributed by atoms with Crippen molar-refractivity contribution in [3.8, 4) is 0 Å². The van der Waals surface area contributed by atoms with Crippen LogP contribution < -0.4 is 21.4 Å². The van der Waals surface area contributed by atoms with Crippen LogP contribution in [0.25, 0.3) is 0 Å². The van der Waals surface area contributed by atoms with Gasteiger partial charge in [-0.05, 0) is 43.4 Å². The summed E-state index contributed by atoms with van der Waals surface area (Å²) in [6, 6.07) is 6.24. The largest absolute Gasteiger partial charge is 0.488 e. The fourth-order valence-electron chi connectivity index (χ4n) is 3.55. The number of anilines is 1. The highest BCUT2D eigenvalue weighted by Crippen LogP contribution is 2.18. The molecule has 2 amide bonds. The molecule has 1 aromatic rings. The molecule has 0 saturated carbocycles. The molecule has 204 valence electrons. The molecule has 13 heteroatoms. The SMILES string of the molecule is CCC(CC(C)C(=O)NCCCNCC(O)C(O)C(O)C(O)CO)C(=O)Nc1cccc(B(O)O)c1. The third-order valence-electron chi connectivity index (χ3n) is 5.91. The molecule has 12 nitrogen and oxygen atoms in total. The van der Waals surface area contributed by atoms with Crippen LogP contribution in [0.1, 0.15) is 33.1 Å². The number of amides is 2. The van der Waals surface area contributed by atoms with Crippen molar-refractivity contribution >= 4 is 30.1 Å². The van der Waals surface area contributed by atoms with Crippen molar-refractivity contribution in [3.63, 3.8) is 0 Å². The molecule has 10 N–H and O–H groups in total. The Morgan fingerprint density at radius 1 is 1.00 bits per heavy atom. The number of aliphatic hydroxyl groups is 5. The van der Waals surface area contributed by atoms with Gasteiger partial charge in [-0.15, -0.1) is 0 Å². The average molecular weight is 513 g/mol. The van der Waals surface area contributed by atoms with Gasteiger partial charge in [0, 0.05) is 30.6 Å². The minimum absolute atomic E-state index is 0.0613. The summed E-state index contributed by atoms with van der Waals surface area (Å²) in [7, 11) is -1.64. The van der Waals surface area contributed by atoms with Crippen LogP contribution in [0.3, 0.4) is 0 Å². The van der Waals surface area contributed by atoms with Crippen LogP contribution >= 0.6 is 0 Å². The highest BCUT2D eigenvalue weighted by molar-refractivity contribution is 6.58. The second kappa shape index (κ2) is 16.6. The van der Waals surface area contributed by atoms with Gasteiger partial charge in [0.1, 0.15) is 18.3 Å². The number of benzene rings is 1. The quantitative estimate of drug-likeness (QED) is 0.0748. The molecule has 0 radical (unpaired) electrons. The fraction of sp³-hybridized carbons (Fsp3) is 0.652. The first-order valence-electron chi connectivity index (χ1n) is 12.1. The molecule has 0 aromatic heterocycles. The minimum atomic E-state index is -1.68. The van der Waals surface area contributed by atoms with E-state index in [0.29, 0.717) is 38.0 Å². The second-order valence-corrected chi connectivity index (χ2v) is 8.88. The smallest absolute Gasteiger partial charge is 0.423 e. The molecular weight excluding hydrogens is 473 g/mol. The molecule has 0 aliphatic rings. The van der Waals surface area contributed by atoms with Gasteiger partial charge in [0.2, 0.25) is 11.8 Å². The number of carbonyl (C=O) groups excluding carboxylic acids is 2. The zero-order valence-corrected chi connectivity index (χ0v) is 20.7. The van der Waals surface area contributed by atoms with Crippen LogP contribution in [0, 0.1) is 11.8 Å². The van der Waals surface area contributed by atoms with Crippen LogP contribution in [-0.4, -0.2) is 105 Å². The van der Waals surface area contributed by atoms with Crippen LogP contribution in [0.15, 0.2) is 24.3 Å². The van der Waals surface area contributed by atoms with E-state index in [1.54, 1.807) is 19.1 Å². The van der Waals surface area contributed by atoms with Gasteiger partial charge in [-0.2, -0.15) is 0 Å². The Morgan fingerprint density at radius 3 is 2.28 bits per heavy atom. The maximum absolute atomic E-state index is 12.7. The van der Waals surface area contributed by atoms with Gasteiger partial charge >= 0.3 is 7.12 Å². The van der Waals surface area contributed by atoms with E-state index in [0.717, 1.165) is 0 Å². The van der Waals surface area contributed by atoms with Crippen molar-refractivity contribution in [2.75, 3.05) is 31.6 Å². The van der Waals surface area contributed by atoms with E-state index >= 15 is 0 Å². The van der Waals surface area contributed by atoms with E-state index in [-0.39, 0.29) is 23.8 Å². The summed E-state index contributed by atoms with van der Waals surface area (Å²) in [6.07, 6.45) is -4.85. The van der Waals surface area contributed by atoms with Crippen molar-refractivity contribution in [1.82, 2.24) is 10.6 Å². The van der Waals surface area contributed by atoms with Gasteiger partial charge in [-0.25, -0.2) is 0 Å². The number of hydrogen-bond acceptors (Lipinski definition) is 10. The van der Waals surface area contributed by atoms with Gasteiger partial charge in [-0.1, -0.05) is 26.0 Å². The first-order valence-corrected chi connectivity index (χ1v) is 12.1. The van der Waals surface area contributed by atoms with E-state index in [4.69, 9.17) is 5.11 Å². The molecule has 36 heavy (non-hydrogen) atoms. The van der Waals surface area contributed by atoms with Crippen LogP contribution in [-0.2, 0) is 9.59 Å². The van der Waals surface area contributed by atoms with Crippen molar-refractivity contribution in [2.45, 2.75) is 57.5 Å². The lowest BCUT2D eigenvalue weighted by Crippen LogP contribution is -2.49. The Bertz CT molecular complexity index is 802. The molecule has 0 aliphatic carbocycles. The van der Waals surface area contributed by atoms with Gasteiger partial charge < -0.3 is 51.5 Å². The zero-order chi connectivity index (χ0) is 27.3. The molecule has 0 aliphatic heterocycles. The summed E-state index contributed by atoms with van der Waals surface area (Å²) in [5.74, 6) is -1.30. The summed E-state index contributed by atoms with van der Waals surface area (Å²) in [5, 5.41) is 74.2. The molecule has 6 unspecified atom stereocenters. The molecular formula is C23H40BN3O9. The molecule has 0 fully saturated rings. The topological polar surface area (TPSA) is 212 Å². The summed E-state index contributed by atoms with van der Waals surface area (Å²) >= 11 is 0. The summed E-state index contributed by atoms with van der Waals surface area (Å²) in [5.41, 5.74) is 0.692. The standard InChI is InChI=1S/C23H40BN3O9/c1-3-15(23(34)27-17-7-4-6-16(11-17)24(35)36)10-14(2)22(33)26-9-5-8-25-12-18(29)20(31)21(32)19(30)13-28/h4,6-7,11,14-15,18-21,25,28-32,35-36H,3,5,8-10,12-13H2,1-2H3,(H,26,33)(H,27,34). The van der Waals surface area contributed by atoms with Gasteiger partial charge in [0.15, 0.2) is 0 Å². The van der Waals surface area contributed by atoms with Crippen LogP contribution in [0.5, 0.6) is 0 Å². The minimum Gasteiger partial charge on any atom is -0.423 e. The number of hydrogen-bond donors (Lipinski definition) is 10. The van der Waals surface area contributed by atoms with Crippen molar-refractivity contribution < 1.29 is 45.2 Å². The molecule has 6 atom stereocenters. The number of carbonyl (C=O) groups is 2. The molecule has 0 bridgehead atoms. The Morgan fingerprint density at radius 2 is 1.67 bits per heavy atom. The highest BCUT2D eigenvalue weighted by atomic mass is 16.4. The van der Waals surface area contributed by atoms with Gasteiger partial charge in [0.25, 0.3) is 0 Å². The van der Waals surface area contributed by atoms with Crippen molar-refractivity contribution in [2.24, 2.45) is 11.8 Å². The molecule has 1 rings (SSSR count). The lowest BCUT2D eigenvalue weighted by molar-refractivity contribution is -0.126. The summed E-state index contributed by atoms with van der Waals surface area (Å²) in [4.78, 5) is 25.1. The van der Waals surface area contributed by atoms with Crippen molar-refractivity contribution in [3.05, 3.63) is 24.3 Å². The van der Waals surface area contributed by atoms with E-state index in [1.165, 1.54) is 12.1 Å². The maximum atomic E-state index is 12.7. The fourth-order valence-corrected chi connectivity index (χ4v) is 3.55. The average Bonchev–Trinajstić information content (AvgIpc) is 2.87. The maximum Gasteiger partial charge on any atom is 0.488 e. The van der Waals surface area contributed by atoms with E-state index in [2.05, 4.69) is 16.0 Å². The predicted octanol–water partition coefficient (Wildman–Crippen LogP) is -3.11. The second-order valence-electron chi connectivity index (χ2n) is 8.88. The third kappa shape index (κ3) is 10.9. The van der Waals surface area contributed by atoms with E-state index in [1.807, 2.05) is 6.92 Å². The Hall–Kier alpha value is -2.10. The Balaban J connectivity index is 2.36. The number of aliphatic hydroxyl groups excluding tert-OH is 5. The van der Waals surface area contributed by atoms with E-state index < -0.39 is 50.0 Å². The molecule has 0 spiro atoms. The third-order valence-corrected chi connectivity index (χ3v) is 5.91. The molecule has 0 saturated heterocycles. The van der Waals surface area contributed by atoms with Crippen LogP contribution in [0.2, 0.25) is 0 Å². The van der Waals surface area contributed by atoms with Crippen molar-refractivity contribution in [1.29, 1.82) is 0 Å².